The highest BCUT2D eigenvalue weighted by Gasteiger charge is 2.24. The van der Waals surface area contributed by atoms with Gasteiger partial charge in [0.1, 0.15) is 23.1 Å². The molecule has 3 aromatic carbocycles. The number of para-hydroxylation sites is 1. The highest BCUT2D eigenvalue weighted by Crippen LogP contribution is 2.30. The van der Waals surface area contributed by atoms with E-state index in [1.807, 2.05) is 53.2 Å². The maximum atomic E-state index is 13.4. The van der Waals surface area contributed by atoms with E-state index in [1.54, 1.807) is 27.2 Å². The smallest absolute Gasteiger partial charge is 0.273 e. The van der Waals surface area contributed by atoms with Crippen LogP contribution in [-0.4, -0.2) is 79.6 Å². The lowest BCUT2D eigenvalue weighted by Crippen LogP contribution is -2.41. The molecule has 39 heavy (non-hydrogen) atoms. The summed E-state index contributed by atoms with van der Waals surface area (Å²) in [6, 6.07) is 16.1. The lowest BCUT2D eigenvalue weighted by molar-refractivity contribution is -0.117. The predicted octanol–water partition coefficient (Wildman–Crippen LogP) is 3.30. The van der Waals surface area contributed by atoms with Crippen LogP contribution in [0, 0.1) is 0 Å². The van der Waals surface area contributed by atoms with Crippen molar-refractivity contribution < 1.29 is 23.8 Å². The first kappa shape index (κ1) is 26.5. The first-order valence-electron chi connectivity index (χ1n) is 13.0. The zero-order chi connectivity index (χ0) is 27.4. The number of morpholine rings is 1. The fourth-order valence-corrected chi connectivity index (χ4v) is 4.86. The molecule has 0 bridgehead atoms. The van der Waals surface area contributed by atoms with Gasteiger partial charge in [-0.25, -0.2) is 0 Å². The van der Waals surface area contributed by atoms with Crippen molar-refractivity contribution in [3.63, 3.8) is 0 Å². The molecule has 1 aromatic heterocycles. The number of methoxy groups -OCH3 is 2. The van der Waals surface area contributed by atoms with Crippen LogP contribution in [0.15, 0.2) is 54.6 Å². The Morgan fingerprint density at radius 1 is 0.974 bits per heavy atom. The molecular weight excluding hydrogens is 498 g/mol. The molecule has 0 spiro atoms. The number of benzene rings is 3. The number of amides is 2. The molecule has 1 aliphatic rings. The summed E-state index contributed by atoms with van der Waals surface area (Å²) >= 11 is 0. The average Bonchev–Trinajstić information content (AvgIpc) is 3.35. The van der Waals surface area contributed by atoms with Gasteiger partial charge in [-0.3, -0.25) is 19.2 Å². The molecule has 2 amide bonds. The molecular formula is C29H33N5O5. The Hall–Kier alpha value is -4.15. The van der Waals surface area contributed by atoms with Gasteiger partial charge in [0.05, 0.1) is 34.0 Å². The van der Waals surface area contributed by atoms with Crippen molar-refractivity contribution in [3.8, 4) is 11.5 Å². The summed E-state index contributed by atoms with van der Waals surface area (Å²) in [5.74, 6) is 0.506. The highest BCUT2D eigenvalue weighted by molar-refractivity contribution is 6.08. The SMILES string of the molecule is COc1cc(NC(=O)C(C)NC(=O)c2nn(CCN3CCOCC3)c3c(OC)cccc23)cc2ccccc12. The summed E-state index contributed by atoms with van der Waals surface area (Å²) in [6.07, 6.45) is 0. The number of hydrogen-bond donors (Lipinski definition) is 2. The number of carbonyl (C=O) groups excluding carboxylic acids is 2. The molecule has 2 N–H and O–H groups in total. The Bertz CT molecular complexity index is 1490. The third-order valence-electron chi connectivity index (χ3n) is 6.95. The van der Waals surface area contributed by atoms with Gasteiger partial charge in [0.2, 0.25) is 5.91 Å². The van der Waals surface area contributed by atoms with Gasteiger partial charge in [-0.15, -0.1) is 0 Å². The fraction of sp³-hybridized carbons (Fsp3) is 0.345. The molecule has 10 heteroatoms. The normalized spacial score (nSPS) is 14.7. The van der Waals surface area contributed by atoms with Crippen LogP contribution in [0.1, 0.15) is 17.4 Å². The molecule has 2 heterocycles. The van der Waals surface area contributed by atoms with Crippen molar-refractivity contribution in [2.45, 2.75) is 19.5 Å². The van der Waals surface area contributed by atoms with Crippen LogP contribution >= 0.6 is 0 Å². The summed E-state index contributed by atoms with van der Waals surface area (Å²) in [7, 11) is 3.19. The van der Waals surface area contributed by atoms with Crippen molar-refractivity contribution in [3.05, 3.63) is 60.3 Å². The maximum Gasteiger partial charge on any atom is 0.273 e. The number of anilines is 1. The van der Waals surface area contributed by atoms with Gasteiger partial charge in [0, 0.05) is 42.2 Å². The zero-order valence-electron chi connectivity index (χ0n) is 22.4. The second kappa shape index (κ2) is 11.7. The topological polar surface area (TPSA) is 107 Å². The van der Waals surface area contributed by atoms with Crippen molar-refractivity contribution in [2.24, 2.45) is 0 Å². The van der Waals surface area contributed by atoms with Crippen LogP contribution in [-0.2, 0) is 16.1 Å². The number of nitrogens with one attached hydrogen (secondary N) is 2. The van der Waals surface area contributed by atoms with Crippen LogP contribution in [0.25, 0.3) is 21.7 Å². The van der Waals surface area contributed by atoms with E-state index >= 15 is 0 Å². The molecule has 204 valence electrons. The highest BCUT2D eigenvalue weighted by atomic mass is 16.5. The Morgan fingerprint density at radius 3 is 2.49 bits per heavy atom. The summed E-state index contributed by atoms with van der Waals surface area (Å²) < 4.78 is 18.3. The minimum atomic E-state index is -0.811. The second-order valence-corrected chi connectivity index (χ2v) is 9.47. The monoisotopic (exact) mass is 531 g/mol. The number of hydrogen-bond acceptors (Lipinski definition) is 7. The number of nitrogens with zero attached hydrogens (tertiary/aromatic N) is 3. The predicted molar refractivity (Wildman–Crippen MR) is 150 cm³/mol. The molecule has 1 aliphatic heterocycles. The molecule has 1 atom stereocenters. The first-order valence-corrected chi connectivity index (χ1v) is 13.0. The van der Waals surface area contributed by atoms with Gasteiger partial charge in [0.25, 0.3) is 5.91 Å². The van der Waals surface area contributed by atoms with Gasteiger partial charge in [0.15, 0.2) is 5.69 Å². The van der Waals surface area contributed by atoms with Gasteiger partial charge >= 0.3 is 0 Å². The van der Waals surface area contributed by atoms with Crippen LogP contribution in [0.5, 0.6) is 11.5 Å². The van der Waals surface area contributed by atoms with E-state index in [2.05, 4.69) is 20.6 Å². The second-order valence-electron chi connectivity index (χ2n) is 9.47. The zero-order valence-corrected chi connectivity index (χ0v) is 22.4. The molecule has 5 rings (SSSR count). The fourth-order valence-electron chi connectivity index (χ4n) is 4.86. The molecule has 1 unspecified atom stereocenters. The van der Waals surface area contributed by atoms with Crippen LogP contribution in [0.3, 0.4) is 0 Å². The first-order chi connectivity index (χ1) is 19.0. The number of fused-ring (bicyclic) bond motifs is 2. The lowest BCUT2D eigenvalue weighted by atomic mass is 10.1. The quantitative estimate of drug-likeness (QED) is 0.341. The van der Waals surface area contributed by atoms with Crippen molar-refractivity contribution in [1.29, 1.82) is 0 Å². The molecule has 1 saturated heterocycles. The van der Waals surface area contributed by atoms with E-state index in [0.717, 1.165) is 35.9 Å². The Balaban J connectivity index is 1.33. The van der Waals surface area contributed by atoms with E-state index in [4.69, 9.17) is 14.2 Å². The van der Waals surface area contributed by atoms with Crippen molar-refractivity contribution in [2.75, 3.05) is 52.4 Å². The molecule has 0 radical (unpaired) electrons. The molecule has 1 fully saturated rings. The van der Waals surface area contributed by atoms with E-state index in [-0.39, 0.29) is 11.6 Å². The minimum Gasteiger partial charge on any atom is -0.496 e. The van der Waals surface area contributed by atoms with E-state index in [1.165, 1.54) is 0 Å². The van der Waals surface area contributed by atoms with Gasteiger partial charge in [-0.05, 0) is 24.4 Å². The number of ether oxygens (including phenoxy) is 3. The van der Waals surface area contributed by atoms with Crippen LogP contribution in [0.2, 0.25) is 0 Å². The van der Waals surface area contributed by atoms with Gasteiger partial charge in [-0.2, -0.15) is 5.10 Å². The molecule has 4 aromatic rings. The van der Waals surface area contributed by atoms with Crippen molar-refractivity contribution >= 4 is 39.2 Å². The van der Waals surface area contributed by atoms with Crippen molar-refractivity contribution in [1.82, 2.24) is 20.0 Å². The Kier molecular flexibility index (Phi) is 7.94. The van der Waals surface area contributed by atoms with Crippen LogP contribution < -0.4 is 20.1 Å². The van der Waals surface area contributed by atoms with Crippen LogP contribution in [0.4, 0.5) is 5.69 Å². The average molecular weight is 532 g/mol. The maximum absolute atomic E-state index is 13.4. The molecule has 10 nitrogen and oxygen atoms in total. The molecule has 0 aliphatic carbocycles. The summed E-state index contributed by atoms with van der Waals surface area (Å²) in [5, 5.41) is 12.9. The minimum absolute atomic E-state index is 0.248. The Morgan fingerprint density at radius 2 is 1.72 bits per heavy atom. The van der Waals surface area contributed by atoms with E-state index in [9.17, 15) is 9.59 Å². The number of carbonyl (C=O) groups is 2. The Labute approximate surface area is 226 Å². The summed E-state index contributed by atoms with van der Waals surface area (Å²) in [5.41, 5.74) is 1.58. The number of aromatic nitrogens is 2. The summed E-state index contributed by atoms with van der Waals surface area (Å²) in [4.78, 5) is 28.7. The third kappa shape index (κ3) is 5.67. The standard InChI is InChI=1S/C29H33N5O5/c1-19(28(35)31-21-17-20-7-4-5-8-22(20)25(18-21)38-3)30-29(36)26-23-9-6-10-24(37-2)27(23)34(32-26)12-11-33-13-15-39-16-14-33/h4-10,17-19H,11-16H2,1-3H3,(H,30,36)(H,31,35). The van der Waals surface area contributed by atoms with E-state index in [0.29, 0.717) is 42.3 Å². The summed E-state index contributed by atoms with van der Waals surface area (Å²) in [6.45, 7) is 6.14. The van der Waals surface area contributed by atoms with Gasteiger partial charge < -0.3 is 24.8 Å². The van der Waals surface area contributed by atoms with Gasteiger partial charge in [-0.1, -0.05) is 36.4 Å². The third-order valence-corrected chi connectivity index (χ3v) is 6.95. The lowest BCUT2D eigenvalue weighted by Gasteiger charge is -2.26. The number of rotatable bonds is 9. The van der Waals surface area contributed by atoms with E-state index < -0.39 is 11.9 Å². The molecule has 0 saturated carbocycles. The largest absolute Gasteiger partial charge is 0.496 e.